The number of hydrogen-bond acceptors (Lipinski definition) is 1. The summed E-state index contributed by atoms with van der Waals surface area (Å²) < 4.78 is 0. The van der Waals surface area contributed by atoms with E-state index in [1.54, 1.807) is 11.1 Å². The highest BCUT2D eigenvalue weighted by molar-refractivity contribution is 5.39. The first-order valence-corrected chi connectivity index (χ1v) is 7.80. The molecule has 1 aromatic carbocycles. The van der Waals surface area contributed by atoms with Gasteiger partial charge < -0.3 is 0 Å². The Balaban J connectivity index is 2.04. The lowest BCUT2D eigenvalue weighted by molar-refractivity contribution is 0.0529. The summed E-state index contributed by atoms with van der Waals surface area (Å²) in [6.45, 7) is 10.8. The lowest BCUT2D eigenvalue weighted by atomic mass is 9.82. The van der Waals surface area contributed by atoms with Crippen LogP contribution in [0.15, 0.2) is 24.3 Å². The van der Waals surface area contributed by atoms with Crippen molar-refractivity contribution in [2.24, 2.45) is 0 Å². The second kappa shape index (κ2) is 4.34. The molecule has 0 N–H and O–H groups in total. The van der Waals surface area contributed by atoms with E-state index in [4.69, 9.17) is 0 Å². The van der Waals surface area contributed by atoms with Crippen molar-refractivity contribution < 1.29 is 0 Å². The van der Waals surface area contributed by atoms with Crippen LogP contribution in [0.2, 0.25) is 0 Å². The van der Waals surface area contributed by atoms with Gasteiger partial charge in [-0.3, -0.25) is 4.90 Å². The average molecular weight is 257 g/mol. The molecular weight excluding hydrogens is 230 g/mol. The fourth-order valence-corrected chi connectivity index (χ4v) is 4.06. The molecule has 0 spiro atoms. The summed E-state index contributed by atoms with van der Waals surface area (Å²) in [5.74, 6) is 0.843. The Hall–Kier alpha value is -0.820. The zero-order chi connectivity index (χ0) is 13.7. The van der Waals surface area contributed by atoms with E-state index in [-0.39, 0.29) is 11.1 Å². The van der Waals surface area contributed by atoms with Gasteiger partial charge in [0.25, 0.3) is 0 Å². The van der Waals surface area contributed by atoms with Gasteiger partial charge in [0.05, 0.1) is 0 Å². The summed E-state index contributed by atoms with van der Waals surface area (Å²) in [4.78, 5) is 2.72. The van der Waals surface area contributed by atoms with Crippen LogP contribution in [0, 0.1) is 0 Å². The van der Waals surface area contributed by atoms with Crippen molar-refractivity contribution in [1.82, 2.24) is 4.90 Å². The fraction of sp³-hybridized carbons (Fsp3) is 0.667. The molecule has 2 fully saturated rings. The van der Waals surface area contributed by atoms with Gasteiger partial charge >= 0.3 is 0 Å². The van der Waals surface area contributed by atoms with E-state index in [0.29, 0.717) is 0 Å². The summed E-state index contributed by atoms with van der Waals surface area (Å²) in [6.07, 6.45) is 5.41. The van der Waals surface area contributed by atoms with Gasteiger partial charge in [-0.2, -0.15) is 0 Å². The van der Waals surface area contributed by atoms with E-state index in [0.717, 1.165) is 5.92 Å². The summed E-state index contributed by atoms with van der Waals surface area (Å²) in [6, 6.07) is 9.21. The third kappa shape index (κ3) is 2.23. The van der Waals surface area contributed by atoms with Crippen molar-refractivity contribution in [3.8, 4) is 0 Å². The van der Waals surface area contributed by atoms with Gasteiger partial charge in [0, 0.05) is 11.1 Å². The van der Waals surface area contributed by atoms with Crippen LogP contribution in [0.1, 0.15) is 70.4 Å². The van der Waals surface area contributed by atoms with E-state index in [9.17, 15) is 0 Å². The number of nitrogens with zero attached hydrogens (tertiary/aromatic N) is 1. The highest BCUT2D eigenvalue weighted by Gasteiger charge is 2.45. The zero-order valence-corrected chi connectivity index (χ0v) is 12.9. The highest BCUT2D eigenvalue weighted by atomic mass is 15.3. The molecule has 1 aliphatic heterocycles. The van der Waals surface area contributed by atoms with Crippen LogP contribution in [-0.4, -0.2) is 17.0 Å². The summed E-state index contributed by atoms with van der Waals surface area (Å²) >= 11 is 0. The normalized spacial score (nSPS) is 28.8. The van der Waals surface area contributed by atoms with Crippen molar-refractivity contribution in [2.45, 2.75) is 70.4 Å². The van der Waals surface area contributed by atoms with Crippen LogP contribution >= 0.6 is 0 Å². The molecule has 0 aromatic heterocycles. The molecule has 1 saturated heterocycles. The topological polar surface area (TPSA) is 3.24 Å². The molecule has 1 nitrogen and oxygen atoms in total. The summed E-state index contributed by atoms with van der Waals surface area (Å²) in [5.41, 5.74) is 3.71. The molecular formula is C18H27N. The first-order valence-electron chi connectivity index (χ1n) is 7.80. The molecule has 1 heteroatoms. The van der Waals surface area contributed by atoms with E-state index < -0.39 is 0 Å². The Kier molecular flexibility index (Phi) is 3.01. The van der Waals surface area contributed by atoms with Gasteiger partial charge in [-0.1, -0.05) is 24.3 Å². The zero-order valence-electron chi connectivity index (χ0n) is 12.9. The van der Waals surface area contributed by atoms with Crippen molar-refractivity contribution >= 4 is 0 Å². The lowest BCUT2D eigenvalue weighted by Gasteiger charge is -2.45. The monoisotopic (exact) mass is 257 g/mol. The predicted molar refractivity (Wildman–Crippen MR) is 81.5 cm³/mol. The Morgan fingerprint density at radius 1 is 1.16 bits per heavy atom. The Bertz CT molecular complexity index is 467. The predicted octanol–water partition coefficient (Wildman–Crippen LogP) is 4.67. The standard InChI is InChI=1S/C18H27N/c1-17(2,3)19-13-7-12-18(19,4)16-9-6-5-8-15(16)14-10-11-14/h5-6,8-9,14H,7,10-13H2,1-4H3. The van der Waals surface area contributed by atoms with E-state index >= 15 is 0 Å². The van der Waals surface area contributed by atoms with E-state index in [2.05, 4.69) is 56.9 Å². The third-order valence-electron chi connectivity index (χ3n) is 5.01. The molecule has 2 aliphatic rings. The molecule has 104 valence electrons. The summed E-state index contributed by atoms with van der Waals surface area (Å²) in [5, 5.41) is 0. The fourth-order valence-electron chi connectivity index (χ4n) is 4.06. The van der Waals surface area contributed by atoms with Gasteiger partial charge in [0.15, 0.2) is 0 Å². The van der Waals surface area contributed by atoms with Gasteiger partial charge in [0.2, 0.25) is 0 Å². The van der Waals surface area contributed by atoms with Gasteiger partial charge in [-0.25, -0.2) is 0 Å². The number of likely N-dealkylation sites (tertiary alicyclic amines) is 1. The Labute approximate surface area is 118 Å². The quantitative estimate of drug-likeness (QED) is 0.744. The minimum absolute atomic E-state index is 0.234. The van der Waals surface area contributed by atoms with Crippen LogP contribution in [0.4, 0.5) is 0 Å². The molecule has 19 heavy (non-hydrogen) atoms. The Morgan fingerprint density at radius 2 is 1.84 bits per heavy atom. The SMILES string of the molecule is CC(C)(C)N1CCCC1(C)c1ccccc1C1CC1. The molecule has 1 atom stereocenters. The number of hydrogen-bond donors (Lipinski definition) is 0. The largest absolute Gasteiger partial charge is 0.289 e. The molecule has 1 heterocycles. The van der Waals surface area contributed by atoms with Crippen LogP contribution in [0.5, 0.6) is 0 Å². The van der Waals surface area contributed by atoms with Crippen LogP contribution < -0.4 is 0 Å². The molecule has 0 bridgehead atoms. The van der Waals surface area contributed by atoms with Gasteiger partial charge in [0.1, 0.15) is 0 Å². The maximum absolute atomic E-state index is 2.72. The van der Waals surface area contributed by atoms with Crippen LogP contribution in [0.25, 0.3) is 0 Å². The number of rotatable bonds is 2. The third-order valence-corrected chi connectivity index (χ3v) is 5.01. The van der Waals surface area contributed by atoms with E-state index in [1.807, 2.05) is 0 Å². The maximum atomic E-state index is 2.72. The molecule has 0 radical (unpaired) electrons. The van der Waals surface area contributed by atoms with E-state index in [1.165, 1.54) is 32.2 Å². The second-order valence-electron chi connectivity index (χ2n) is 7.56. The molecule has 1 saturated carbocycles. The first kappa shape index (κ1) is 13.2. The van der Waals surface area contributed by atoms with Crippen molar-refractivity contribution in [1.29, 1.82) is 0 Å². The smallest absolute Gasteiger partial charge is 0.0441 e. The minimum Gasteiger partial charge on any atom is -0.289 e. The van der Waals surface area contributed by atoms with Crippen LogP contribution in [0.3, 0.4) is 0 Å². The van der Waals surface area contributed by atoms with Gasteiger partial charge in [-0.15, -0.1) is 0 Å². The molecule has 1 aromatic rings. The number of benzene rings is 1. The average Bonchev–Trinajstić information content (AvgIpc) is 3.11. The van der Waals surface area contributed by atoms with Crippen molar-refractivity contribution in [2.75, 3.05) is 6.54 Å². The first-order chi connectivity index (χ1) is 8.93. The summed E-state index contributed by atoms with van der Waals surface area (Å²) in [7, 11) is 0. The Morgan fingerprint density at radius 3 is 2.47 bits per heavy atom. The lowest BCUT2D eigenvalue weighted by Crippen LogP contribution is -2.50. The minimum atomic E-state index is 0.234. The van der Waals surface area contributed by atoms with Crippen molar-refractivity contribution in [3.63, 3.8) is 0 Å². The maximum Gasteiger partial charge on any atom is 0.0441 e. The highest BCUT2D eigenvalue weighted by Crippen LogP contribution is 2.49. The molecule has 3 rings (SSSR count). The van der Waals surface area contributed by atoms with Crippen molar-refractivity contribution in [3.05, 3.63) is 35.4 Å². The molecule has 0 amide bonds. The van der Waals surface area contributed by atoms with Gasteiger partial charge in [-0.05, 0) is 77.0 Å². The second-order valence-corrected chi connectivity index (χ2v) is 7.56. The van der Waals surface area contributed by atoms with Crippen LogP contribution in [-0.2, 0) is 5.54 Å². The molecule has 1 unspecified atom stereocenters. The molecule has 1 aliphatic carbocycles.